The Balaban J connectivity index is 2.01. The summed E-state index contributed by atoms with van der Waals surface area (Å²) in [5.74, 6) is 0.186. The number of carbonyl (C=O) groups excluding carboxylic acids is 1. The van der Waals surface area contributed by atoms with Crippen molar-refractivity contribution < 1.29 is 4.79 Å². The van der Waals surface area contributed by atoms with Crippen LogP contribution in [-0.4, -0.2) is 11.3 Å². The van der Waals surface area contributed by atoms with Crippen LogP contribution in [0.25, 0.3) is 0 Å². The van der Waals surface area contributed by atoms with Gasteiger partial charge >= 0.3 is 0 Å². The highest BCUT2D eigenvalue weighted by Gasteiger charge is 2.43. The lowest BCUT2D eigenvalue weighted by atomic mass is 9.66. The molecule has 2 nitrogen and oxygen atoms in total. The first-order valence-electron chi connectivity index (χ1n) is 5.86. The van der Waals surface area contributed by atoms with Gasteiger partial charge in [-0.2, -0.15) is 0 Å². The summed E-state index contributed by atoms with van der Waals surface area (Å²) in [7, 11) is 0. The van der Waals surface area contributed by atoms with E-state index in [1.54, 1.807) is 6.92 Å². The average molecular weight is 195 g/mol. The van der Waals surface area contributed by atoms with Crippen molar-refractivity contribution in [1.82, 2.24) is 0 Å². The van der Waals surface area contributed by atoms with Gasteiger partial charge in [0.15, 0.2) is 0 Å². The highest BCUT2D eigenvalue weighted by Crippen LogP contribution is 2.50. The fraction of sp³-hybridized carbons (Fsp3) is 0.917. The monoisotopic (exact) mass is 195 g/mol. The number of Topliss-reactive ketones (excluding diaryl/α,β-unsaturated/α-hetero) is 1. The number of hydrogen-bond donors (Lipinski definition) is 1. The van der Waals surface area contributed by atoms with Crippen LogP contribution >= 0.6 is 0 Å². The molecule has 0 amide bonds. The Bertz CT molecular complexity index is 231. The van der Waals surface area contributed by atoms with Crippen molar-refractivity contribution >= 4 is 5.78 Å². The van der Waals surface area contributed by atoms with Gasteiger partial charge in [0.2, 0.25) is 0 Å². The van der Waals surface area contributed by atoms with Crippen LogP contribution in [0, 0.1) is 5.41 Å². The molecular weight excluding hydrogens is 174 g/mol. The molecule has 2 saturated carbocycles. The zero-order valence-electron chi connectivity index (χ0n) is 9.14. The highest BCUT2D eigenvalue weighted by molar-refractivity contribution is 5.85. The molecule has 0 aromatic heterocycles. The number of ketones is 1. The molecule has 0 heterocycles. The second-order valence-electron chi connectivity index (χ2n) is 5.42. The lowest BCUT2D eigenvalue weighted by molar-refractivity contribution is -0.124. The standard InChI is InChI=1S/C12H21NO/c1-10(14)12(13)8-6-11(7-9-12)4-2-3-5-11/h2-9,13H2,1H3. The van der Waals surface area contributed by atoms with E-state index in [-0.39, 0.29) is 5.78 Å². The minimum absolute atomic E-state index is 0.186. The fourth-order valence-corrected chi connectivity index (χ4v) is 3.20. The summed E-state index contributed by atoms with van der Waals surface area (Å²) in [6.45, 7) is 1.65. The third-order valence-electron chi connectivity index (χ3n) is 4.57. The molecule has 2 heteroatoms. The predicted octanol–water partition coefficient (Wildman–Crippen LogP) is 2.41. The van der Waals surface area contributed by atoms with Crippen LogP contribution in [0.1, 0.15) is 58.3 Å². The number of carbonyl (C=O) groups is 1. The first-order chi connectivity index (χ1) is 6.56. The minimum Gasteiger partial charge on any atom is -0.319 e. The second kappa shape index (κ2) is 3.34. The van der Waals surface area contributed by atoms with E-state index in [1.165, 1.54) is 38.5 Å². The summed E-state index contributed by atoms with van der Waals surface area (Å²) in [5.41, 5.74) is 6.21. The summed E-state index contributed by atoms with van der Waals surface area (Å²) >= 11 is 0. The normalized spacial score (nSPS) is 29.3. The van der Waals surface area contributed by atoms with E-state index in [4.69, 9.17) is 5.73 Å². The Morgan fingerprint density at radius 2 is 1.50 bits per heavy atom. The number of rotatable bonds is 1. The Kier molecular flexibility index (Phi) is 2.42. The minimum atomic E-state index is -0.478. The van der Waals surface area contributed by atoms with Crippen LogP contribution in [0.2, 0.25) is 0 Å². The summed E-state index contributed by atoms with van der Waals surface area (Å²) in [5, 5.41) is 0. The smallest absolute Gasteiger partial charge is 0.149 e. The zero-order valence-corrected chi connectivity index (χ0v) is 9.14. The van der Waals surface area contributed by atoms with Crippen molar-refractivity contribution in [1.29, 1.82) is 0 Å². The number of nitrogens with two attached hydrogens (primary N) is 1. The van der Waals surface area contributed by atoms with Gasteiger partial charge in [-0.3, -0.25) is 4.79 Å². The van der Waals surface area contributed by atoms with Crippen molar-refractivity contribution in [3.8, 4) is 0 Å². The van der Waals surface area contributed by atoms with Gasteiger partial charge in [-0.25, -0.2) is 0 Å². The van der Waals surface area contributed by atoms with Crippen LogP contribution < -0.4 is 5.73 Å². The maximum absolute atomic E-state index is 11.4. The topological polar surface area (TPSA) is 43.1 Å². The second-order valence-corrected chi connectivity index (χ2v) is 5.42. The number of hydrogen-bond acceptors (Lipinski definition) is 2. The summed E-state index contributed by atoms with van der Waals surface area (Å²) < 4.78 is 0. The van der Waals surface area contributed by atoms with Gasteiger partial charge in [0, 0.05) is 0 Å². The van der Waals surface area contributed by atoms with Crippen molar-refractivity contribution in [2.75, 3.05) is 0 Å². The van der Waals surface area contributed by atoms with Crippen molar-refractivity contribution in [3.05, 3.63) is 0 Å². The molecule has 1 spiro atoms. The maximum atomic E-state index is 11.4. The Hall–Kier alpha value is -0.370. The van der Waals surface area contributed by atoms with Crippen LogP contribution in [0.15, 0.2) is 0 Å². The van der Waals surface area contributed by atoms with Gasteiger partial charge in [-0.15, -0.1) is 0 Å². The largest absolute Gasteiger partial charge is 0.319 e. The molecule has 2 aliphatic rings. The van der Waals surface area contributed by atoms with E-state index < -0.39 is 5.54 Å². The van der Waals surface area contributed by atoms with E-state index in [0.717, 1.165) is 12.8 Å². The SMILES string of the molecule is CC(=O)C1(N)CCC2(CCCC2)CC1. The van der Waals surface area contributed by atoms with Gasteiger partial charge in [-0.1, -0.05) is 12.8 Å². The van der Waals surface area contributed by atoms with Crippen LogP contribution in [0.4, 0.5) is 0 Å². The molecule has 0 aromatic rings. The molecule has 0 saturated heterocycles. The van der Waals surface area contributed by atoms with Crippen molar-refractivity contribution in [3.63, 3.8) is 0 Å². The lowest BCUT2D eigenvalue weighted by Crippen LogP contribution is -2.51. The molecule has 80 valence electrons. The maximum Gasteiger partial charge on any atom is 0.149 e. The van der Waals surface area contributed by atoms with Crippen molar-refractivity contribution in [2.45, 2.75) is 63.8 Å². The van der Waals surface area contributed by atoms with Gasteiger partial charge in [0.05, 0.1) is 5.54 Å². The molecule has 14 heavy (non-hydrogen) atoms. The third-order valence-corrected chi connectivity index (χ3v) is 4.57. The zero-order chi connectivity index (χ0) is 10.2. The highest BCUT2D eigenvalue weighted by atomic mass is 16.1. The molecular formula is C12H21NO. The average Bonchev–Trinajstić information content (AvgIpc) is 2.60. The molecule has 0 aliphatic heterocycles. The first kappa shape index (κ1) is 10.2. The lowest BCUT2D eigenvalue weighted by Gasteiger charge is -2.41. The molecule has 0 aromatic carbocycles. The van der Waals surface area contributed by atoms with Gasteiger partial charge in [0.1, 0.15) is 5.78 Å². The molecule has 0 radical (unpaired) electrons. The van der Waals surface area contributed by atoms with Gasteiger partial charge in [-0.05, 0) is 50.9 Å². The van der Waals surface area contributed by atoms with Crippen LogP contribution in [0.5, 0.6) is 0 Å². The van der Waals surface area contributed by atoms with E-state index in [0.29, 0.717) is 5.41 Å². The molecule has 0 atom stereocenters. The van der Waals surface area contributed by atoms with Gasteiger partial charge < -0.3 is 5.73 Å². The van der Waals surface area contributed by atoms with E-state index >= 15 is 0 Å². The molecule has 2 aliphatic carbocycles. The van der Waals surface area contributed by atoms with E-state index in [9.17, 15) is 4.79 Å². The van der Waals surface area contributed by atoms with Gasteiger partial charge in [0.25, 0.3) is 0 Å². The molecule has 2 fully saturated rings. The molecule has 0 bridgehead atoms. The quantitative estimate of drug-likeness (QED) is 0.698. The van der Waals surface area contributed by atoms with E-state index in [2.05, 4.69) is 0 Å². The Labute approximate surface area is 86.2 Å². The van der Waals surface area contributed by atoms with Crippen LogP contribution in [-0.2, 0) is 4.79 Å². The predicted molar refractivity (Wildman–Crippen MR) is 57.0 cm³/mol. The molecule has 2 rings (SSSR count). The summed E-state index contributed by atoms with van der Waals surface area (Å²) in [6, 6.07) is 0. The van der Waals surface area contributed by atoms with E-state index in [1.807, 2.05) is 0 Å². The molecule has 2 N–H and O–H groups in total. The summed E-state index contributed by atoms with van der Waals surface area (Å²) in [6.07, 6.45) is 9.73. The summed E-state index contributed by atoms with van der Waals surface area (Å²) in [4.78, 5) is 11.4. The van der Waals surface area contributed by atoms with Crippen molar-refractivity contribution in [2.24, 2.45) is 11.1 Å². The molecule has 0 unspecified atom stereocenters. The third kappa shape index (κ3) is 1.60. The Morgan fingerprint density at radius 1 is 1.00 bits per heavy atom. The Morgan fingerprint density at radius 3 is 1.93 bits per heavy atom. The first-order valence-corrected chi connectivity index (χ1v) is 5.86. The van der Waals surface area contributed by atoms with Crippen LogP contribution in [0.3, 0.4) is 0 Å². The fourth-order valence-electron chi connectivity index (χ4n) is 3.20.